The van der Waals surface area contributed by atoms with Gasteiger partial charge in [-0.05, 0) is 37.8 Å². The fraction of sp³-hybridized carbons (Fsp3) is 0.846. The number of aromatic nitrogens is 3. The molecule has 5 heteroatoms. The van der Waals surface area contributed by atoms with Gasteiger partial charge >= 0.3 is 0 Å². The van der Waals surface area contributed by atoms with Crippen LogP contribution in [0.3, 0.4) is 0 Å². The Kier molecular flexibility index (Phi) is 3.35. The van der Waals surface area contributed by atoms with Gasteiger partial charge in [0.2, 0.25) is 0 Å². The minimum atomic E-state index is 0.463. The first-order valence-electron chi connectivity index (χ1n) is 7.02. The molecule has 2 unspecified atom stereocenters. The smallest absolute Gasteiger partial charge is 0.137 e. The van der Waals surface area contributed by atoms with Gasteiger partial charge in [0.15, 0.2) is 0 Å². The van der Waals surface area contributed by atoms with Crippen molar-refractivity contribution < 1.29 is 0 Å². The summed E-state index contributed by atoms with van der Waals surface area (Å²) in [7, 11) is 0. The van der Waals surface area contributed by atoms with Crippen LogP contribution >= 0.6 is 0 Å². The molecule has 0 bridgehead atoms. The van der Waals surface area contributed by atoms with Crippen LogP contribution in [0, 0.1) is 5.41 Å². The lowest BCUT2D eigenvalue weighted by atomic mass is 9.88. The molecule has 100 valence electrons. The fourth-order valence-corrected chi connectivity index (χ4v) is 3.34. The number of hydrogen-bond acceptors (Lipinski definition) is 4. The van der Waals surface area contributed by atoms with Crippen molar-refractivity contribution in [1.82, 2.24) is 25.0 Å². The van der Waals surface area contributed by atoms with Gasteiger partial charge in [0.25, 0.3) is 0 Å². The highest BCUT2D eigenvalue weighted by molar-refractivity contribution is 4.88. The van der Waals surface area contributed by atoms with Crippen molar-refractivity contribution in [2.24, 2.45) is 5.41 Å². The summed E-state index contributed by atoms with van der Waals surface area (Å²) in [5.41, 5.74) is 0.463. The van der Waals surface area contributed by atoms with Crippen molar-refractivity contribution in [3.05, 3.63) is 12.7 Å². The molecular formula is C13H23N5. The summed E-state index contributed by atoms with van der Waals surface area (Å²) in [6.07, 6.45) is 7.30. The highest BCUT2D eigenvalue weighted by atomic mass is 15.3. The van der Waals surface area contributed by atoms with E-state index in [1.807, 2.05) is 11.0 Å². The minimum absolute atomic E-state index is 0.463. The van der Waals surface area contributed by atoms with Crippen LogP contribution in [0.25, 0.3) is 0 Å². The average Bonchev–Trinajstić information content (AvgIpc) is 3.01. The standard InChI is InChI=1S/C13H23N5/c1-13(4-5-14-8-13)9-17-6-2-3-12(7-17)18-11-15-10-16-18/h10-12,14H,2-9H2,1H3. The van der Waals surface area contributed by atoms with E-state index in [0.717, 1.165) is 13.1 Å². The Morgan fingerprint density at radius 1 is 1.50 bits per heavy atom. The van der Waals surface area contributed by atoms with Crippen molar-refractivity contribution >= 4 is 0 Å². The Morgan fingerprint density at radius 2 is 2.44 bits per heavy atom. The van der Waals surface area contributed by atoms with Gasteiger partial charge in [-0.25, -0.2) is 9.67 Å². The molecule has 3 rings (SSSR count). The fourth-order valence-electron chi connectivity index (χ4n) is 3.34. The van der Waals surface area contributed by atoms with Crippen LogP contribution in [0.4, 0.5) is 0 Å². The average molecular weight is 249 g/mol. The molecule has 2 fully saturated rings. The Hall–Kier alpha value is -0.940. The summed E-state index contributed by atoms with van der Waals surface area (Å²) in [5, 5.41) is 7.78. The molecule has 0 amide bonds. The Morgan fingerprint density at radius 3 is 3.17 bits per heavy atom. The van der Waals surface area contributed by atoms with E-state index in [1.165, 1.54) is 38.9 Å². The maximum absolute atomic E-state index is 4.29. The highest BCUT2D eigenvalue weighted by Crippen LogP contribution is 2.29. The zero-order valence-electron chi connectivity index (χ0n) is 11.2. The number of nitrogens with zero attached hydrogens (tertiary/aromatic N) is 4. The lowest BCUT2D eigenvalue weighted by Gasteiger charge is -2.37. The van der Waals surface area contributed by atoms with Gasteiger partial charge in [-0.1, -0.05) is 6.92 Å². The Balaban J connectivity index is 1.60. The minimum Gasteiger partial charge on any atom is -0.316 e. The van der Waals surface area contributed by atoms with Crippen LogP contribution in [-0.4, -0.2) is 52.4 Å². The van der Waals surface area contributed by atoms with Crippen LogP contribution in [0.2, 0.25) is 0 Å². The molecule has 1 aromatic rings. The third-order valence-electron chi connectivity index (χ3n) is 4.35. The zero-order chi connectivity index (χ0) is 12.4. The number of likely N-dealkylation sites (tertiary alicyclic amines) is 1. The van der Waals surface area contributed by atoms with E-state index >= 15 is 0 Å². The molecule has 5 nitrogen and oxygen atoms in total. The lowest BCUT2D eigenvalue weighted by molar-refractivity contribution is 0.119. The van der Waals surface area contributed by atoms with Crippen LogP contribution < -0.4 is 5.32 Å². The molecule has 0 saturated carbocycles. The maximum atomic E-state index is 4.29. The third-order valence-corrected chi connectivity index (χ3v) is 4.35. The molecular weight excluding hydrogens is 226 g/mol. The molecule has 2 aliphatic heterocycles. The van der Waals surface area contributed by atoms with Crippen LogP contribution in [0.15, 0.2) is 12.7 Å². The van der Waals surface area contributed by atoms with Gasteiger partial charge in [0.05, 0.1) is 6.04 Å². The molecule has 0 aliphatic carbocycles. The first-order valence-corrected chi connectivity index (χ1v) is 7.02. The zero-order valence-corrected chi connectivity index (χ0v) is 11.2. The summed E-state index contributed by atoms with van der Waals surface area (Å²) in [5.74, 6) is 0. The van der Waals surface area contributed by atoms with Crippen molar-refractivity contribution in [3.63, 3.8) is 0 Å². The quantitative estimate of drug-likeness (QED) is 0.865. The predicted octanol–water partition coefficient (Wildman–Crippen LogP) is 0.915. The molecule has 2 atom stereocenters. The molecule has 1 N–H and O–H groups in total. The molecule has 1 aromatic heterocycles. The van der Waals surface area contributed by atoms with E-state index in [2.05, 4.69) is 27.2 Å². The van der Waals surface area contributed by atoms with E-state index in [1.54, 1.807) is 6.33 Å². The molecule has 2 aliphatic rings. The highest BCUT2D eigenvalue weighted by Gasteiger charge is 2.32. The third kappa shape index (κ3) is 2.57. The maximum Gasteiger partial charge on any atom is 0.137 e. The van der Waals surface area contributed by atoms with Crippen LogP contribution in [-0.2, 0) is 0 Å². The van der Waals surface area contributed by atoms with Gasteiger partial charge in [0, 0.05) is 19.6 Å². The molecule has 0 spiro atoms. The number of piperidine rings is 1. The van der Waals surface area contributed by atoms with E-state index in [4.69, 9.17) is 0 Å². The second kappa shape index (κ2) is 4.97. The van der Waals surface area contributed by atoms with E-state index in [0.29, 0.717) is 11.5 Å². The Bertz CT molecular complexity index is 369. The monoisotopic (exact) mass is 249 g/mol. The van der Waals surface area contributed by atoms with Gasteiger partial charge in [0.1, 0.15) is 12.7 Å². The van der Waals surface area contributed by atoms with E-state index in [9.17, 15) is 0 Å². The number of hydrogen-bond donors (Lipinski definition) is 1. The molecule has 2 saturated heterocycles. The second-order valence-corrected chi connectivity index (χ2v) is 6.14. The predicted molar refractivity (Wildman–Crippen MR) is 70.3 cm³/mol. The van der Waals surface area contributed by atoms with Crippen molar-refractivity contribution in [1.29, 1.82) is 0 Å². The van der Waals surface area contributed by atoms with E-state index in [-0.39, 0.29) is 0 Å². The SMILES string of the molecule is CC1(CN2CCCC(n3cncn3)C2)CCNC1. The first kappa shape index (κ1) is 12.1. The summed E-state index contributed by atoms with van der Waals surface area (Å²) in [6, 6.07) is 0.513. The van der Waals surface area contributed by atoms with Crippen LogP contribution in [0.5, 0.6) is 0 Å². The van der Waals surface area contributed by atoms with Gasteiger partial charge in [-0.3, -0.25) is 0 Å². The molecule has 3 heterocycles. The van der Waals surface area contributed by atoms with Gasteiger partial charge in [-0.15, -0.1) is 0 Å². The summed E-state index contributed by atoms with van der Waals surface area (Å²) in [4.78, 5) is 6.68. The van der Waals surface area contributed by atoms with Crippen molar-refractivity contribution in [2.45, 2.75) is 32.2 Å². The molecule has 0 aromatic carbocycles. The first-order chi connectivity index (χ1) is 8.75. The number of nitrogens with one attached hydrogen (secondary N) is 1. The van der Waals surface area contributed by atoms with Gasteiger partial charge < -0.3 is 10.2 Å². The molecule has 18 heavy (non-hydrogen) atoms. The van der Waals surface area contributed by atoms with Crippen LogP contribution in [0.1, 0.15) is 32.2 Å². The summed E-state index contributed by atoms with van der Waals surface area (Å²) < 4.78 is 2.03. The lowest BCUT2D eigenvalue weighted by Crippen LogP contribution is -2.43. The summed E-state index contributed by atoms with van der Waals surface area (Å²) >= 11 is 0. The van der Waals surface area contributed by atoms with Crippen molar-refractivity contribution in [2.75, 3.05) is 32.7 Å². The Labute approximate surface area is 109 Å². The van der Waals surface area contributed by atoms with Gasteiger partial charge in [-0.2, -0.15) is 5.10 Å². The number of rotatable bonds is 3. The van der Waals surface area contributed by atoms with E-state index < -0.39 is 0 Å². The van der Waals surface area contributed by atoms with Crippen molar-refractivity contribution in [3.8, 4) is 0 Å². The largest absolute Gasteiger partial charge is 0.316 e. The normalized spacial score (nSPS) is 33.9. The molecule has 0 radical (unpaired) electrons. The second-order valence-electron chi connectivity index (χ2n) is 6.14. The topological polar surface area (TPSA) is 46.0 Å². The summed E-state index contributed by atoms with van der Waals surface area (Å²) in [6.45, 7) is 8.32.